The summed E-state index contributed by atoms with van der Waals surface area (Å²) < 4.78 is 0. The summed E-state index contributed by atoms with van der Waals surface area (Å²) in [5, 5.41) is 41.6. The van der Waals surface area contributed by atoms with Crippen molar-refractivity contribution in [3.05, 3.63) is 0 Å². The number of nitrogens with zero attached hydrogens (tertiary/aromatic N) is 1. The topological polar surface area (TPSA) is 220 Å². The van der Waals surface area contributed by atoms with E-state index in [9.17, 15) is 34.2 Å². The summed E-state index contributed by atoms with van der Waals surface area (Å²) in [5.74, 6) is -5.03. The fraction of sp³-hybridized carbons (Fsp3) is 0.722. The molecule has 0 aromatic heterocycles. The number of aliphatic hydroxyl groups is 2. The zero-order valence-electron chi connectivity index (χ0n) is 17.4. The number of carboxylic acid groups (broad SMARTS) is 2. The van der Waals surface area contributed by atoms with E-state index in [-0.39, 0.29) is 19.4 Å². The highest BCUT2D eigenvalue weighted by Gasteiger charge is 2.40. The van der Waals surface area contributed by atoms with Crippen LogP contribution in [0.25, 0.3) is 0 Å². The van der Waals surface area contributed by atoms with Crippen molar-refractivity contribution in [3.63, 3.8) is 0 Å². The molecule has 8 N–H and O–H groups in total. The van der Waals surface area contributed by atoms with E-state index in [1.807, 2.05) is 0 Å². The Kier molecular flexibility index (Phi) is 9.81. The van der Waals surface area contributed by atoms with Crippen molar-refractivity contribution in [2.75, 3.05) is 6.54 Å². The first kappa shape index (κ1) is 26.3. The van der Waals surface area contributed by atoms with Crippen LogP contribution in [0.1, 0.15) is 39.5 Å². The number of carbonyl (C=O) groups is 5. The van der Waals surface area contributed by atoms with Crippen LogP contribution >= 0.6 is 0 Å². The van der Waals surface area contributed by atoms with Gasteiger partial charge < -0.3 is 41.7 Å². The number of aliphatic hydroxyl groups excluding tert-OH is 2. The molecule has 0 unspecified atom stereocenters. The Balaban J connectivity index is 2.99. The third-order valence-corrected chi connectivity index (χ3v) is 4.97. The summed E-state index contributed by atoms with van der Waals surface area (Å²) in [6.45, 7) is 2.60. The van der Waals surface area contributed by atoms with Crippen molar-refractivity contribution in [1.82, 2.24) is 15.5 Å². The van der Waals surface area contributed by atoms with E-state index >= 15 is 0 Å². The molecular formula is C18H30N4O9. The molecule has 0 saturated carbocycles. The minimum absolute atomic E-state index is 0.130. The molecule has 31 heavy (non-hydrogen) atoms. The number of carboxylic acids is 2. The van der Waals surface area contributed by atoms with E-state index in [4.69, 9.17) is 15.9 Å². The van der Waals surface area contributed by atoms with Gasteiger partial charge in [-0.3, -0.25) is 19.2 Å². The van der Waals surface area contributed by atoms with E-state index in [2.05, 4.69) is 10.6 Å². The van der Waals surface area contributed by atoms with Crippen LogP contribution in [0, 0.1) is 0 Å². The predicted molar refractivity (Wildman–Crippen MR) is 104 cm³/mol. The van der Waals surface area contributed by atoms with Gasteiger partial charge in [0.2, 0.25) is 17.7 Å². The molecule has 0 spiro atoms. The van der Waals surface area contributed by atoms with Crippen molar-refractivity contribution in [2.24, 2.45) is 5.73 Å². The van der Waals surface area contributed by atoms with E-state index in [1.54, 1.807) is 0 Å². The van der Waals surface area contributed by atoms with Gasteiger partial charge in [0, 0.05) is 13.0 Å². The summed E-state index contributed by atoms with van der Waals surface area (Å²) in [4.78, 5) is 61.1. The largest absolute Gasteiger partial charge is 0.481 e. The normalized spacial score (nSPS) is 20.8. The van der Waals surface area contributed by atoms with E-state index in [0.29, 0.717) is 6.42 Å². The average molecular weight is 446 g/mol. The number of aliphatic carboxylic acids is 2. The molecule has 13 heteroatoms. The van der Waals surface area contributed by atoms with Crippen LogP contribution in [-0.4, -0.2) is 97.9 Å². The van der Waals surface area contributed by atoms with Gasteiger partial charge in [-0.25, -0.2) is 4.79 Å². The molecule has 0 aromatic carbocycles. The second kappa shape index (κ2) is 11.6. The lowest BCUT2D eigenvalue weighted by atomic mass is 10.1. The summed E-state index contributed by atoms with van der Waals surface area (Å²) in [6, 6.07) is -5.28. The van der Waals surface area contributed by atoms with Crippen LogP contribution in [0.3, 0.4) is 0 Å². The predicted octanol–water partition coefficient (Wildman–Crippen LogP) is -3.01. The van der Waals surface area contributed by atoms with Gasteiger partial charge in [0.1, 0.15) is 18.1 Å². The molecule has 0 aliphatic carbocycles. The van der Waals surface area contributed by atoms with Gasteiger partial charge in [0.15, 0.2) is 6.04 Å². The molecule has 3 amide bonds. The summed E-state index contributed by atoms with van der Waals surface area (Å²) in [5.41, 5.74) is 5.56. The molecule has 1 heterocycles. The van der Waals surface area contributed by atoms with Crippen molar-refractivity contribution < 1.29 is 44.4 Å². The van der Waals surface area contributed by atoms with Gasteiger partial charge in [-0.2, -0.15) is 0 Å². The standard InChI is InChI=1S/C18H30N4O9/c1-8(23)13(19)16(28)20-10(5-6-12(25)26)17(29)22-7-3-4-11(22)15(27)21-14(9(2)24)18(30)31/h8-11,13-14,23-24H,3-7,19H2,1-2H3,(H,20,28)(H,21,27)(H,25,26)(H,30,31)/t8-,9-,10+,11+,13+,14+/m1/s1. The van der Waals surface area contributed by atoms with Gasteiger partial charge in [0.05, 0.1) is 12.2 Å². The second-order valence-corrected chi connectivity index (χ2v) is 7.51. The molecule has 13 nitrogen and oxygen atoms in total. The number of amides is 3. The Morgan fingerprint density at radius 1 is 1.06 bits per heavy atom. The smallest absolute Gasteiger partial charge is 0.328 e. The maximum Gasteiger partial charge on any atom is 0.328 e. The Morgan fingerprint density at radius 3 is 2.16 bits per heavy atom. The molecule has 0 aromatic rings. The molecule has 1 rings (SSSR count). The fourth-order valence-electron chi connectivity index (χ4n) is 3.15. The molecule has 1 saturated heterocycles. The van der Waals surface area contributed by atoms with Crippen LogP contribution in [0.15, 0.2) is 0 Å². The number of carbonyl (C=O) groups excluding carboxylic acids is 3. The lowest BCUT2D eigenvalue weighted by Crippen LogP contribution is -2.58. The number of likely N-dealkylation sites (tertiary alicyclic amines) is 1. The Morgan fingerprint density at radius 2 is 1.68 bits per heavy atom. The average Bonchev–Trinajstić information content (AvgIpc) is 3.16. The zero-order valence-corrected chi connectivity index (χ0v) is 17.4. The van der Waals surface area contributed by atoms with Crippen molar-refractivity contribution in [1.29, 1.82) is 0 Å². The highest BCUT2D eigenvalue weighted by molar-refractivity contribution is 5.94. The summed E-state index contributed by atoms with van der Waals surface area (Å²) in [6.07, 6.45) is -2.68. The molecule has 1 aliphatic heterocycles. The maximum absolute atomic E-state index is 13.0. The van der Waals surface area contributed by atoms with E-state index in [0.717, 1.165) is 4.90 Å². The van der Waals surface area contributed by atoms with Crippen molar-refractivity contribution in [2.45, 2.75) is 75.9 Å². The van der Waals surface area contributed by atoms with Crippen LogP contribution < -0.4 is 16.4 Å². The quantitative estimate of drug-likeness (QED) is 0.170. The molecular weight excluding hydrogens is 416 g/mol. The molecule has 1 fully saturated rings. The minimum atomic E-state index is -1.57. The Hall–Kier alpha value is -2.77. The zero-order chi connectivity index (χ0) is 23.9. The first-order valence-corrected chi connectivity index (χ1v) is 9.84. The summed E-state index contributed by atoms with van der Waals surface area (Å²) in [7, 11) is 0. The maximum atomic E-state index is 13.0. The van der Waals surface area contributed by atoms with Gasteiger partial charge in [-0.1, -0.05) is 0 Å². The molecule has 6 atom stereocenters. The van der Waals surface area contributed by atoms with Gasteiger partial charge in [0.25, 0.3) is 0 Å². The van der Waals surface area contributed by atoms with Crippen molar-refractivity contribution in [3.8, 4) is 0 Å². The lowest BCUT2D eigenvalue weighted by molar-refractivity contribution is -0.147. The molecule has 0 bridgehead atoms. The van der Waals surface area contributed by atoms with Crippen LogP contribution in [0.2, 0.25) is 0 Å². The van der Waals surface area contributed by atoms with Gasteiger partial charge >= 0.3 is 11.9 Å². The molecule has 0 radical (unpaired) electrons. The minimum Gasteiger partial charge on any atom is -0.481 e. The van der Waals surface area contributed by atoms with E-state index in [1.165, 1.54) is 13.8 Å². The Labute approximate surface area is 178 Å². The second-order valence-electron chi connectivity index (χ2n) is 7.51. The number of rotatable bonds is 11. The highest BCUT2D eigenvalue weighted by atomic mass is 16.4. The molecule has 176 valence electrons. The number of nitrogens with two attached hydrogens (primary N) is 1. The van der Waals surface area contributed by atoms with Crippen LogP contribution in [-0.2, 0) is 24.0 Å². The fourth-order valence-corrected chi connectivity index (χ4v) is 3.15. The van der Waals surface area contributed by atoms with Crippen molar-refractivity contribution >= 4 is 29.7 Å². The van der Waals surface area contributed by atoms with E-state index < -0.39 is 72.5 Å². The number of hydrogen-bond acceptors (Lipinski definition) is 8. The summed E-state index contributed by atoms with van der Waals surface area (Å²) >= 11 is 0. The highest BCUT2D eigenvalue weighted by Crippen LogP contribution is 2.20. The van der Waals surface area contributed by atoms with Crippen LogP contribution in [0.4, 0.5) is 0 Å². The number of nitrogens with one attached hydrogen (secondary N) is 2. The number of hydrogen-bond donors (Lipinski definition) is 7. The Bertz CT molecular complexity index is 698. The molecule has 1 aliphatic rings. The van der Waals surface area contributed by atoms with Gasteiger partial charge in [-0.05, 0) is 33.1 Å². The lowest BCUT2D eigenvalue weighted by Gasteiger charge is -2.30. The van der Waals surface area contributed by atoms with Crippen LogP contribution in [0.5, 0.6) is 0 Å². The first-order chi connectivity index (χ1) is 14.4. The third kappa shape index (κ3) is 7.45. The first-order valence-electron chi connectivity index (χ1n) is 9.84. The third-order valence-electron chi connectivity index (χ3n) is 4.97. The van der Waals surface area contributed by atoms with Gasteiger partial charge in [-0.15, -0.1) is 0 Å². The SMILES string of the molecule is C[C@@H](O)[C@H](N)C(=O)N[C@@H](CCC(=O)O)C(=O)N1CCC[C@H]1C(=O)N[C@H](C(=O)O)[C@@H](C)O. The monoisotopic (exact) mass is 446 g/mol.